The third-order valence-corrected chi connectivity index (χ3v) is 6.77. The number of alkyl halides is 7. The van der Waals surface area contributed by atoms with Crippen molar-refractivity contribution in [3.8, 4) is 5.75 Å². The SMILES string of the molecule is COc1c(F)cc(NC(=O)C2C(c3ccc(F)c(Cl)c3)C2(Cl)Cl)cc1C(=O)CCC(F)(F)C(F)(F)F. The van der Waals surface area contributed by atoms with E-state index in [0.29, 0.717) is 5.56 Å². The number of hydrogen-bond donors (Lipinski definition) is 1. The maximum absolute atomic E-state index is 14.5. The molecule has 0 aromatic heterocycles. The Kier molecular flexibility index (Phi) is 7.80. The third-order valence-electron chi connectivity index (χ3n) is 5.54. The van der Waals surface area contributed by atoms with Crippen LogP contribution in [0.1, 0.15) is 34.7 Å². The lowest BCUT2D eigenvalue weighted by Gasteiger charge is -2.19. The first-order valence-corrected chi connectivity index (χ1v) is 11.1. The number of anilines is 1. The Balaban J connectivity index is 1.82. The fourth-order valence-electron chi connectivity index (χ4n) is 3.62. The van der Waals surface area contributed by atoms with Gasteiger partial charge in [0.1, 0.15) is 10.2 Å². The van der Waals surface area contributed by atoms with E-state index in [1.54, 1.807) is 0 Å². The molecule has 0 heterocycles. The molecule has 2 atom stereocenters. The molecule has 0 radical (unpaired) electrons. The summed E-state index contributed by atoms with van der Waals surface area (Å²) >= 11 is 18.1. The number of halogens is 10. The summed E-state index contributed by atoms with van der Waals surface area (Å²) in [5.41, 5.74) is -0.656. The molecule has 3 rings (SSSR count). The van der Waals surface area contributed by atoms with Gasteiger partial charge in [0.15, 0.2) is 17.3 Å². The van der Waals surface area contributed by atoms with E-state index in [4.69, 9.17) is 39.5 Å². The van der Waals surface area contributed by atoms with E-state index in [9.17, 15) is 40.3 Å². The molecule has 0 aliphatic heterocycles. The van der Waals surface area contributed by atoms with E-state index in [2.05, 4.69) is 5.32 Å². The minimum Gasteiger partial charge on any atom is -0.493 e. The molecule has 196 valence electrons. The van der Waals surface area contributed by atoms with Crippen LogP contribution in [0.4, 0.5) is 36.4 Å². The van der Waals surface area contributed by atoms with Crippen LogP contribution in [0, 0.1) is 17.6 Å². The van der Waals surface area contributed by atoms with Crippen molar-refractivity contribution >= 4 is 52.2 Å². The van der Waals surface area contributed by atoms with Crippen molar-refractivity contribution in [1.82, 2.24) is 0 Å². The molecular formula is C22H15Cl3F7NO3. The smallest absolute Gasteiger partial charge is 0.453 e. The summed E-state index contributed by atoms with van der Waals surface area (Å²) in [6.07, 6.45) is -9.03. The quantitative estimate of drug-likeness (QED) is 0.202. The number of rotatable bonds is 8. The van der Waals surface area contributed by atoms with Crippen molar-refractivity contribution in [1.29, 1.82) is 0 Å². The van der Waals surface area contributed by atoms with Crippen LogP contribution in [-0.4, -0.2) is 35.2 Å². The highest BCUT2D eigenvalue weighted by Crippen LogP contribution is 2.65. The van der Waals surface area contributed by atoms with Gasteiger partial charge in [0, 0.05) is 30.5 Å². The summed E-state index contributed by atoms with van der Waals surface area (Å²) in [6.45, 7) is 0. The monoisotopic (exact) mass is 579 g/mol. The lowest BCUT2D eigenvalue weighted by atomic mass is 10.0. The second-order valence-electron chi connectivity index (χ2n) is 7.96. The topological polar surface area (TPSA) is 55.4 Å². The van der Waals surface area contributed by atoms with Crippen LogP contribution in [0.25, 0.3) is 0 Å². The van der Waals surface area contributed by atoms with Crippen LogP contribution in [-0.2, 0) is 4.79 Å². The molecule has 1 N–H and O–H groups in total. The highest BCUT2D eigenvalue weighted by atomic mass is 35.5. The molecule has 2 aromatic rings. The van der Waals surface area contributed by atoms with Crippen LogP contribution < -0.4 is 10.1 Å². The normalized spacial score (nSPS) is 19.1. The molecule has 1 aliphatic rings. The van der Waals surface area contributed by atoms with Gasteiger partial charge in [0.2, 0.25) is 5.91 Å². The Morgan fingerprint density at radius 1 is 1.06 bits per heavy atom. The molecule has 4 nitrogen and oxygen atoms in total. The minimum atomic E-state index is -5.87. The third kappa shape index (κ3) is 5.52. The lowest BCUT2D eigenvalue weighted by Crippen LogP contribution is -2.36. The van der Waals surface area contributed by atoms with Crippen molar-refractivity contribution in [2.45, 2.75) is 35.2 Å². The number of benzene rings is 2. The number of nitrogens with one attached hydrogen (secondary N) is 1. The molecule has 36 heavy (non-hydrogen) atoms. The number of carbonyl (C=O) groups is 2. The first kappa shape index (κ1) is 28.3. The zero-order valence-electron chi connectivity index (χ0n) is 18.0. The molecular weight excluding hydrogens is 566 g/mol. The van der Waals surface area contributed by atoms with Gasteiger partial charge in [-0.25, -0.2) is 8.78 Å². The van der Waals surface area contributed by atoms with Gasteiger partial charge in [0.05, 0.1) is 23.6 Å². The Morgan fingerprint density at radius 3 is 2.25 bits per heavy atom. The molecule has 1 saturated carbocycles. The van der Waals surface area contributed by atoms with E-state index in [-0.39, 0.29) is 10.7 Å². The van der Waals surface area contributed by atoms with Crippen molar-refractivity contribution in [3.63, 3.8) is 0 Å². The number of Topliss-reactive ketones (excluding diaryl/α,β-unsaturated/α-hetero) is 1. The average molecular weight is 581 g/mol. The van der Waals surface area contributed by atoms with Crippen LogP contribution in [0.3, 0.4) is 0 Å². The molecule has 14 heteroatoms. The zero-order chi connectivity index (χ0) is 27.2. The van der Waals surface area contributed by atoms with E-state index in [1.165, 1.54) is 12.1 Å². The van der Waals surface area contributed by atoms with Crippen molar-refractivity contribution in [2.24, 2.45) is 5.92 Å². The van der Waals surface area contributed by atoms with Gasteiger partial charge in [-0.3, -0.25) is 9.59 Å². The molecule has 2 aromatic carbocycles. The minimum absolute atomic E-state index is 0.237. The number of methoxy groups -OCH3 is 1. The second kappa shape index (κ2) is 9.90. The van der Waals surface area contributed by atoms with Gasteiger partial charge in [-0.05, 0) is 23.8 Å². The number of amides is 1. The fourth-order valence-corrected chi connectivity index (χ4v) is 4.64. The van der Waals surface area contributed by atoms with Gasteiger partial charge in [-0.1, -0.05) is 17.7 Å². The standard InChI is InChI=1S/C22H15Cl3F7NO3/c1-36-18-11(15(34)4-5-20(28,29)22(30,31)32)7-10(8-14(18)27)33-19(35)17-16(21(17,24)25)9-2-3-13(26)12(23)6-9/h2-3,6-8,16-17H,4-5H2,1H3,(H,33,35). The number of ketones is 1. The zero-order valence-corrected chi connectivity index (χ0v) is 20.2. The molecule has 1 amide bonds. The van der Waals surface area contributed by atoms with E-state index < -0.39 is 75.7 Å². The number of hydrogen-bond acceptors (Lipinski definition) is 3. The summed E-state index contributed by atoms with van der Waals surface area (Å²) in [4.78, 5) is 25.2. The van der Waals surface area contributed by atoms with Crippen LogP contribution in [0.15, 0.2) is 30.3 Å². The van der Waals surface area contributed by atoms with E-state index >= 15 is 0 Å². The average Bonchev–Trinajstić information content (AvgIpc) is 3.34. The summed E-state index contributed by atoms with van der Waals surface area (Å²) in [7, 11) is 0.954. The number of ether oxygens (including phenoxy) is 1. The molecule has 1 fully saturated rings. The highest BCUT2D eigenvalue weighted by molar-refractivity contribution is 6.53. The Hall–Kier alpha value is -2.24. The first-order chi connectivity index (χ1) is 16.5. The van der Waals surface area contributed by atoms with Crippen molar-refractivity contribution < 1.29 is 45.1 Å². The van der Waals surface area contributed by atoms with E-state index in [1.807, 2.05) is 0 Å². The van der Waals surface area contributed by atoms with Crippen LogP contribution >= 0.6 is 34.8 Å². The lowest BCUT2D eigenvalue weighted by molar-refractivity contribution is -0.283. The Labute approximate surface area is 214 Å². The van der Waals surface area contributed by atoms with Gasteiger partial charge >= 0.3 is 12.1 Å². The van der Waals surface area contributed by atoms with E-state index in [0.717, 1.165) is 25.3 Å². The Morgan fingerprint density at radius 2 is 1.69 bits per heavy atom. The molecule has 0 spiro atoms. The van der Waals surface area contributed by atoms with Gasteiger partial charge in [0.25, 0.3) is 0 Å². The Bertz CT molecular complexity index is 1200. The maximum Gasteiger partial charge on any atom is 0.453 e. The van der Waals surface area contributed by atoms with Gasteiger partial charge in [-0.15, -0.1) is 23.2 Å². The molecule has 1 aliphatic carbocycles. The molecule has 0 saturated heterocycles. The van der Waals surface area contributed by atoms with Gasteiger partial charge < -0.3 is 10.1 Å². The molecule has 0 bridgehead atoms. The second-order valence-corrected chi connectivity index (χ2v) is 9.81. The highest BCUT2D eigenvalue weighted by Gasteiger charge is 2.67. The van der Waals surface area contributed by atoms with Crippen LogP contribution in [0.2, 0.25) is 5.02 Å². The number of carbonyl (C=O) groups excluding carboxylic acids is 2. The van der Waals surface area contributed by atoms with Crippen LogP contribution in [0.5, 0.6) is 5.75 Å². The van der Waals surface area contributed by atoms with Gasteiger partial charge in [-0.2, -0.15) is 22.0 Å². The first-order valence-electron chi connectivity index (χ1n) is 10.00. The fraction of sp³-hybridized carbons (Fsp3) is 0.364. The summed E-state index contributed by atoms with van der Waals surface area (Å²) < 4.78 is 94.7. The largest absolute Gasteiger partial charge is 0.493 e. The van der Waals surface area contributed by atoms with Crippen molar-refractivity contribution in [2.75, 3.05) is 12.4 Å². The summed E-state index contributed by atoms with van der Waals surface area (Å²) in [5, 5.41) is 2.04. The summed E-state index contributed by atoms with van der Waals surface area (Å²) in [6, 6.07) is 5.21. The maximum atomic E-state index is 14.5. The summed E-state index contributed by atoms with van der Waals surface area (Å²) in [5.74, 6) is -11.8. The predicted octanol–water partition coefficient (Wildman–Crippen LogP) is 7.31. The predicted molar refractivity (Wildman–Crippen MR) is 118 cm³/mol. The van der Waals surface area contributed by atoms with Crippen molar-refractivity contribution in [3.05, 3.63) is 58.1 Å². The molecule has 2 unspecified atom stereocenters.